The first-order chi connectivity index (χ1) is 13.3. The van der Waals surface area contributed by atoms with Gasteiger partial charge in [0.15, 0.2) is 5.69 Å². The molecule has 1 saturated carbocycles. The van der Waals surface area contributed by atoms with E-state index in [0.717, 1.165) is 18.9 Å². The van der Waals surface area contributed by atoms with Gasteiger partial charge in [0.2, 0.25) is 11.7 Å². The Morgan fingerprint density at radius 2 is 2.18 bits per heavy atom. The number of hydrogen-bond donors (Lipinski definition) is 4. The summed E-state index contributed by atoms with van der Waals surface area (Å²) in [5, 5.41) is 8.56. The lowest BCUT2D eigenvalue weighted by atomic mass is 9.98. The SMILES string of the molecule is CC1(C[C@H](NC(=O)c2cc(C(F)F)on2)C(=O)NNC[C@@H]2CCNC2=O)CC1. The number of nitrogens with zero attached hydrogens (tertiary/aromatic N) is 1. The number of carbonyl (C=O) groups excluding carboxylic acids is 3. The van der Waals surface area contributed by atoms with Crippen LogP contribution >= 0.6 is 0 Å². The van der Waals surface area contributed by atoms with Crippen molar-refractivity contribution in [3.8, 4) is 0 Å². The largest absolute Gasteiger partial charge is 0.356 e. The van der Waals surface area contributed by atoms with Gasteiger partial charge in [-0.05, 0) is 31.1 Å². The summed E-state index contributed by atoms with van der Waals surface area (Å²) in [6.45, 7) is 2.88. The number of amides is 3. The van der Waals surface area contributed by atoms with E-state index >= 15 is 0 Å². The molecule has 0 radical (unpaired) electrons. The topological polar surface area (TPSA) is 125 Å². The summed E-state index contributed by atoms with van der Waals surface area (Å²) in [5.41, 5.74) is 4.87. The zero-order valence-electron chi connectivity index (χ0n) is 15.4. The Bertz CT molecular complexity index is 750. The van der Waals surface area contributed by atoms with Crippen LogP contribution in [0.3, 0.4) is 0 Å². The van der Waals surface area contributed by atoms with Crippen LogP contribution in [0.2, 0.25) is 0 Å². The van der Waals surface area contributed by atoms with E-state index in [1.807, 2.05) is 6.92 Å². The van der Waals surface area contributed by atoms with E-state index in [1.54, 1.807) is 0 Å². The quantitative estimate of drug-likeness (QED) is 0.452. The van der Waals surface area contributed by atoms with Crippen molar-refractivity contribution < 1.29 is 27.7 Å². The van der Waals surface area contributed by atoms with E-state index in [1.165, 1.54) is 0 Å². The van der Waals surface area contributed by atoms with E-state index in [0.29, 0.717) is 19.4 Å². The maximum absolute atomic E-state index is 12.6. The standard InChI is InChI=1S/C17H23F2N5O4/c1-17(3-4-17)7-11(16(27)23-21-8-9-2-5-20-14(9)25)22-15(26)10-6-12(13(18)19)28-24-10/h6,9,11,13,21H,2-5,7-8H2,1H3,(H,20,25)(H,22,26)(H,23,27)/t9-,11-/m0/s1. The van der Waals surface area contributed by atoms with Crippen LogP contribution in [0.1, 0.15) is 55.3 Å². The first-order valence-corrected chi connectivity index (χ1v) is 9.13. The number of rotatable bonds is 9. The molecule has 0 bridgehead atoms. The summed E-state index contributed by atoms with van der Waals surface area (Å²) in [6, 6.07) is -0.0262. The highest BCUT2D eigenvalue weighted by molar-refractivity contribution is 5.96. The average Bonchev–Trinajstić information content (AvgIpc) is 3.03. The Labute approximate surface area is 159 Å². The van der Waals surface area contributed by atoms with Crippen LogP contribution in [0.5, 0.6) is 0 Å². The van der Waals surface area contributed by atoms with Gasteiger partial charge in [-0.25, -0.2) is 14.2 Å². The summed E-state index contributed by atoms with van der Waals surface area (Å²) >= 11 is 0. The van der Waals surface area contributed by atoms with E-state index in [-0.39, 0.29) is 29.5 Å². The van der Waals surface area contributed by atoms with Crippen molar-refractivity contribution >= 4 is 17.7 Å². The molecule has 1 saturated heterocycles. The third-order valence-electron chi connectivity index (χ3n) is 5.12. The molecule has 2 heterocycles. The molecule has 1 aromatic rings. The number of halogens is 2. The minimum Gasteiger partial charge on any atom is -0.356 e. The zero-order valence-corrected chi connectivity index (χ0v) is 15.4. The highest BCUT2D eigenvalue weighted by Gasteiger charge is 2.41. The van der Waals surface area contributed by atoms with Crippen molar-refractivity contribution in [1.29, 1.82) is 0 Å². The summed E-state index contributed by atoms with van der Waals surface area (Å²) in [5.74, 6) is -2.25. The van der Waals surface area contributed by atoms with Gasteiger partial charge in [0.1, 0.15) is 6.04 Å². The molecule has 2 fully saturated rings. The highest BCUT2D eigenvalue weighted by Crippen LogP contribution is 2.48. The molecule has 2 aliphatic rings. The Balaban J connectivity index is 1.57. The molecule has 1 aromatic heterocycles. The first-order valence-electron chi connectivity index (χ1n) is 9.13. The highest BCUT2D eigenvalue weighted by atomic mass is 19.3. The molecule has 0 aromatic carbocycles. The van der Waals surface area contributed by atoms with Gasteiger partial charge in [-0.2, -0.15) is 0 Å². The van der Waals surface area contributed by atoms with Gasteiger partial charge < -0.3 is 15.2 Å². The molecule has 3 amide bonds. The lowest BCUT2D eigenvalue weighted by Gasteiger charge is -2.21. The van der Waals surface area contributed by atoms with Gasteiger partial charge in [0.05, 0.1) is 5.92 Å². The maximum atomic E-state index is 12.6. The molecule has 1 aliphatic carbocycles. The summed E-state index contributed by atoms with van der Waals surface area (Å²) < 4.78 is 29.6. The molecule has 11 heteroatoms. The van der Waals surface area contributed by atoms with Gasteiger partial charge in [0.25, 0.3) is 18.2 Å². The summed E-state index contributed by atoms with van der Waals surface area (Å²) in [7, 11) is 0. The number of alkyl halides is 2. The summed E-state index contributed by atoms with van der Waals surface area (Å²) in [6.07, 6.45) is 0.0632. The molecule has 154 valence electrons. The number of hydrogen-bond acceptors (Lipinski definition) is 6. The number of aromatic nitrogens is 1. The normalized spacial score (nSPS) is 21.3. The fourth-order valence-electron chi connectivity index (χ4n) is 3.04. The minimum absolute atomic E-state index is 0.0570. The molecule has 0 unspecified atom stereocenters. The van der Waals surface area contributed by atoms with E-state index < -0.39 is 30.0 Å². The monoisotopic (exact) mass is 399 g/mol. The van der Waals surface area contributed by atoms with Crippen LogP contribution in [0, 0.1) is 11.3 Å². The Morgan fingerprint density at radius 3 is 2.75 bits per heavy atom. The van der Waals surface area contributed by atoms with Crippen molar-refractivity contribution in [2.45, 2.75) is 45.1 Å². The first kappa shape index (κ1) is 20.2. The lowest BCUT2D eigenvalue weighted by Crippen LogP contribution is -2.52. The molecule has 4 N–H and O–H groups in total. The fourth-order valence-corrected chi connectivity index (χ4v) is 3.04. The predicted molar refractivity (Wildman–Crippen MR) is 91.9 cm³/mol. The van der Waals surface area contributed by atoms with Crippen LogP contribution in [0.4, 0.5) is 8.78 Å². The van der Waals surface area contributed by atoms with Crippen molar-refractivity contribution in [3.63, 3.8) is 0 Å². The van der Waals surface area contributed by atoms with Gasteiger partial charge in [-0.1, -0.05) is 12.1 Å². The fraction of sp³-hybridized carbons (Fsp3) is 0.647. The molecule has 9 nitrogen and oxygen atoms in total. The third kappa shape index (κ3) is 5.03. The Kier molecular flexibility index (Phi) is 5.92. The zero-order chi connectivity index (χ0) is 20.3. The Hall–Kier alpha value is -2.56. The lowest BCUT2D eigenvalue weighted by molar-refractivity contribution is -0.126. The molecule has 3 rings (SSSR count). The Morgan fingerprint density at radius 1 is 1.43 bits per heavy atom. The maximum Gasteiger partial charge on any atom is 0.298 e. The molecule has 28 heavy (non-hydrogen) atoms. The summed E-state index contributed by atoms with van der Waals surface area (Å²) in [4.78, 5) is 36.4. The van der Waals surface area contributed by atoms with Crippen molar-refractivity contribution in [2.24, 2.45) is 11.3 Å². The second kappa shape index (κ2) is 8.21. The minimum atomic E-state index is -2.88. The van der Waals surface area contributed by atoms with Crippen LogP contribution in [0.15, 0.2) is 10.6 Å². The van der Waals surface area contributed by atoms with Crippen LogP contribution in [-0.2, 0) is 9.59 Å². The van der Waals surface area contributed by atoms with Gasteiger partial charge in [-0.15, -0.1) is 0 Å². The van der Waals surface area contributed by atoms with Crippen LogP contribution in [-0.4, -0.2) is 42.0 Å². The molecule has 1 aliphatic heterocycles. The van der Waals surface area contributed by atoms with Gasteiger partial charge in [-0.3, -0.25) is 19.8 Å². The molecule has 2 atom stereocenters. The second-order valence-corrected chi connectivity index (χ2v) is 7.60. The van der Waals surface area contributed by atoms with Crippen molar-refractivity contribution in [3.05, 3.63) is 17.5 Å². The second-order valence-electron chi connectivity index (χ2n) is 7.60. The number of carbonyl (C=O) groups is 3. The molecular formula is C17H23F2N5O4. The van der Waals surface area contributed by atoms with Crippen molar-refractivity contribution in [2.75, 3.05) is 13.1 Å². The molecular weight excluding hydrogens is 376 g/mol. The third-order valence-corrected chi connectivity index (χ3v) is 5.12. The average molecular weight is 399 g/mol. The smallest absolute Gasteiger partial charge is 0.298 e. The van der Waals surface area contributed by atoms with E-state index in [9.17, 15) is 23.2 Å². The van der Waals surface area contributed by atoms with E-state index in [2.05, 4.69) is 31.2 Å². The molecule has 0 spiro atoms. The van der Waals surface area contributed by atoms with Crippen molar-refractivity contribution in [1.82, 2.24) is 26.6 Å². The number of hydrazine groups is 1. The van der Waals surface area contributed by atoms with Crippen LogP contribution in [0.25, 0.3) is 0 Å². The predicted octanol–water partition coefficient (Wildman–Crippen LogP) is 0.658. The van der Waals surface area contributed by atoms with Crippen LogP contribution < -0.4 is 21.5 Å². The number of nitrogens with one attached hydrogen (secondary N) is 4. The van der Waals surface area contributed by atoms with E-state index in [4.69, 9.17) is 0 Å². The van der Waals surface area contributed by atoms with Gasteiger partial charge in [0, 0.05) is 19.2 Å². The van der Waals surface area contributed by atoms with Gasteiger partial charge >= 0.3 is 0 Å².